The summed E-state index contributed by atoms with van der Waals surface area (Å²) >= 11 is 0. The first-order chi connectivity index (χ1) is 9.53. The van der Waals surface area contributed by atoms with Crippen LogP contribution in [-0.4, -0.2) is 37.5 Å². The molecule has 3 rings (SSSR count). The summed E-state index contributed by atoms with van der Waals surface area (Å²) in [7, 11) is 1.77. The third-order valence-corrected chi connectivity index (χ3v) is 4.68. The third-order valence-electron chi connectivity index (χ3n) is 4.68. The molecule has 1 atom stereocenters. The van der Waals surface area contributed by atoms with E-state index in [0.29, 0.717) is 12.1 Å². The summed E-state index contributed by atoms with van der Waals surface area (Å²) in [5.74, 6) is -1.18. The van der Waals surface area contributed by atoms with Gasteiger partial charge in [-0.25, -0.2) is 8.78 Å². The molecule has 1 unspecified atom stereocenters. The number of likely N-dealkylation sites (N-methyl/N-ethyl adjacent to an activating group) is 1. The fraction of sp³-hybridized carbons (Fsp3) is 0.533. The molecule has 108 valence electrons. The highest BCUT2D eigenvalue weighted by Crippen LogP contribution is 2.49. The van der Waals surface area contributed by atoms with Gasteiger partial charge in [0, 0.05) is 25.6 Å². The minimum absolute atomic E-state index is 0.105. The summed E-state index contributed by atoms with van der Waals surface area (Å²) in [4.78, 5) is 14.2. The van der Waals surface area contributed by atoms with Crippen molar-refractivity contribution in [3.63, 3.8) is 0 Å². The molecule has 2 saturated heterocycles. The van der Waals surface area contributed by atoms with Crippen molar-refractivity contribution < 1.29 is 13.6 Å². The lowest BCUT2D eigenvalue weighted by molar-refractivity contribution is -0.136. The van der Waals surface area contributed by atoms with Gasteiger partial charge in [-0.2, -0.15) is 0 Å². The van der Waals surface area contributed by atoms with E-state index in [2.05, 4.69) is 5.32 Å². The van der Waals surface area contributed by atoms with Crippen molar-refractivity contribution in [2.45, 2.75) is 18.8 Å². The largest absolute Gasteiger partial charge is 0.345 e. The second kappa shape index (κ2) is 4.81. The van der Waals surface area contributed by atoms with E-state index in [4.69, 9.17) is 0 Å². The van der Waals surface area contributed by atoms with Gasteiger partial charge in [-0.05, 0) is 43.6 Å². The highest BCUT2D eigenvalue weighted by molar-refractivity contribution is 5.86. The molecule has 2 heterocycles. The van der Waals surface area contributed by atoms with Crippen molar-refractivity contribution >= 4 is 5.91 Å². The number of carbonyl (C=O) groups is 1. The van der Waals surface area contributed by atoms with Gasteiger partial charge < -0.3 is 10.2 Å². The van der Waals surface area contributed by atoms with Gasteiger partial charge in [0.2, 0.25) is 5.91 Å². The lowest BCUT2D eigenvalue weighted by Crippen LogP contribution is -2.44. The number of hydrogen-bond donors (Lipinski definition) is 1. The van der Waals surface area contributed by atoms with Gasteiger partial charge in [0.05, 0.1) is 5.41 Å². The van der Waals surface area contributed by atoms with Crippen molar-refractivity contribution in [2.24, 2.45) is 5.41 Å². The topological polar surface area (TPSA) is 32.3 Å². The fourth-order valence-corrected chi connectivity index (χ4v) is 3.70. The number of halogens is 2. The van der Waals surface area contributed by atoms with Crippen molar-refractivity contribution in [3.8, 4) is 0 Å². The molecule has 3 nitrogen and oxygen atoms in total. The number of piperidine rings is 1. The first kappa shape index (κ1) is 13.5. The predicted molar refractivity (Wildman–Crippen MR) is 71.3 cm³/mol. The van der Waals surface area contributed by atoms with Gasteiger partial charge in [-0.1, -0.05) is 0 Å². The van der Waals surface area contributed by atoms with Gasteiger partial charge >= 0.3 is 0 Å². The summed E-state index contributed by atoms with van der Waals surface area (Å²) in [6.07, 6.45) is 1.44. The minimum atomic E-state index is -0.578. The Balaban J connectivity index is 2.04. The number of nitrogens with zero attached hydrogens (tertiary/aromatic N) is 1. The van der Waals surface area contributed by atoms with Crippen LogP contribution in [0.5, 0.6) is 0 Å². The Morgan fingerprint density at radius 2 is 1.80 bits per heavy atom. The summed E-state index contributed by atoms with van der Waals surface area (Å²) in [6.45, 7) is 2.07. The highest BCUT2D eigenvalue weighted by Gasteiger charge is 2.53. The molecule has 0 radical (unpaired) electrons. The molecule has 0 saturated carbocycles. The first-order valence-corrected chi connectivity index (χ1v) is 6.95. The van der Waals surface area contributed by atoms with Gasteiger partial charge in [0.25, 0.3) is 0 Å². The van der Waals surface area contributed by atoms with Crippen molar-refractivity contribution in [3.05, 3.63) is 35.4 Å². The molecule has 1 spiro atoms. The van der Waals surface area contributed by atoms with Crippen LogP contribution in [0.4, 0.5) is 8.78 Å². The molecule has 5 heteroatoms. The van der Waals surface area contributed by atoms with Crippen LogP contribution in [0.1, 0.15) is 24.3 Å². The highest BCUT2D eigenvalue weighted by atomic mass is 19.1. The second-order valence-corrected chi connectivity index (χ2v) is 5.85. The van der Waals surface area contributed by atoms with E-state index in [1.165, 1.54) is 12.1 Å². The molecule has 0 bridgehead atoms. The normalized spacial score (nSPS) is 25.4. The molecule has 0 aromatic heterocycles. The zero-order chi connectivity index (χ0) is 14.3. The number of amides is 1. The van der Waals surface area contributed by atoms with E-state index in [1.807, 2.05) is 0 Å². The van der Waals surface area contributed by atoms with Crippen LogP contribution in [0.25, 0.3) is 0 Å². The SMILES string of the molecule is CN1CC(c2cc(F)cc(F)c2)C2(CCNCC2)C1=O. The Bertz CT molecular complexity index is 520. The quantitative estimate of drug-likeness (QED) is 0.852. The maximum Gasteiger partial charge on any atom is 0.229 e. The van der Waals surface area contributed by atoms with Crippen LogP contribution in [-0.2, 0) is 4.79 Å². The summed E-state index contributed by atoms with van der Waals surface area (Å²) in [5.41, 5.74) is 0.0994. The van der Waals surface area contributed by atoms with E-state index in [9.17, 15) is 13.6 Å². The smallest absolute Gasteiger partial charge is 0.229 e. The van der Waals surface area contributed by atoms with Gasteiger partial charge in [-0.15, -0.1) is 0 Å². The number of carbonyl (C=O) groups excluding carboxylic acids is 1. The lowest BCUT2D eigenvalue weighted by atomic mass is 9.68. The van der Waals surface area contributed by atoms with Crippen LogP contribution in [0, 0.1) is 17.0 Å². The second-order valence-electron chi connectivity index (χ2n) is 5.85. The molecular weight excluding hydrogens is 262 g/mol. The van der Waals surface area contributed by atoms with E-state index in [0.717, 1.165) is 32.0 Å². The van der Waals surface area contributed by atoms with Crippen molar-refractivity contribution in [2.75, 3.05) is 26.7 Å². The zero-order valence-electron chi connectivity index (χ0n) is 11.5. The number of rotatable bonds is 1. The van der Waals surface area contributed by atoms with Gasteiger partial charge in [0.1, 0.15) is 11.6 Å². The van der Waals surface area contributed by atoms with Gasteiger partial charge in [0.15, 0.2) is 0 Å². The van der Waals surface area contributed by atoms with E-state index in [-0.39, 0.29) is 11.8 Å². The van der Waals surface area contributed by atoms with Gasteiger partial charge in [-0.3, -0.25) is 4.79 Å². The number of hydrogen-bond acceptors (Lipinski definition) is 2. The Morgan fingerprint density at radius 1 is 1.20 bits per heavy atom. The molecule has 1 aromatic rings. The minimum Gasteiger partial charge on any atom is -0.345 e. The lowest BCUT2D eigenvalue weighted by Gasteiger charge is -2.36. The molecule has 2 aliphatic rings. The zero-order valence-corrected chi connectivity index (χ0v) is 11.5. The van der Waals surface area contributed by atoms with Crippen LogP contribution < -0.4 is 5.32 Å². The number of benzene rings is 1. The first-order valence-electron chi connectivity index (χ1n) is 6.95. The Kier molecular flexibility index (Phi) is 3.24. The van der Waals surface area contributed by atoms with E-state index in [1.54, 1.807) is 11.9 Å². The average molecular weight is 280 g/mol. The maximum absolute atomic E-state index is 13.5. The van der Waals surface area contributed by atoms with E-state index >= 15 is 0 Å². The predicted octanol–water partition coefficient (Wildman–Crippen LogP) is 1.89. The molecular formula is C15H18F2N2O. The summed E-state index contributed by atoms with van der Waals surface area (Å²) < 4.78 is 27.0. The standard InChI is InChI=1S/C15H18F2N2O/c1-19-9-13(10-6-11(16)8-12(17)7-10)15(14(19)20)2-4-18-5-3-15/h6-8,13,18H,2-5,9H2,1H3. The molecule has 1 aromatic carbocycles. The Hall–Kier alpha value is -1.49. The molecule has 0 aliphatic carbocycles. The average Bonchev–Trinajstić information content (AvgIpc) is 2.64. The Labute approximate surface area is 117 Å². The fourth-order valence-electron chi connectivity index (χ4n) is 3.70. The van der Waals surface area contributed by atoms with Crippen LogP contribution >= 0.6 is 0 Å². The summed E-state index contributed by atoms with van der Waals surface area (Å²) in [5, 5.41) is 3.25. The molecule has 20 heavy (non-hydrogen) atoms. The molecule has 1 amide bonds. The molecule has 2 fully saturated rings. The number of nitrogens with one attached hydrogen (secondary N) is 1. The van der Waals surface area contributed by atoms with Crippen LogP contribution in [0.15, 0.2) is 18.2 Å². The number of likely N-dealkylation sites (tertiary alicyclic amines) is 1. The Morgan fingerprint density at radius 3 is 2.40 bits per heavy atom. The van der Waals surface area contributed by atoms with Crippen molar-refractivity contribution in [1.82, 2.24) is 10.2 Å². The third kappa shape index (κ3) is 2.00. The molecule has 1 N–H and O–H groups in total. The van der Waals surface area contributed by atoms with Crippen LogP contribution in [0.3, 0.4) is 0 Å². The molecule has 2 aliphatic heterocycles. The van der Waals surface area contributed by atoms with Crippen molar-refractivity contribution in [1.29, 1.82) is 0 Å². The van der Waals surface area contributed by atoms with E-state index < -0.39 is 17.0 Å². The van der Waals surface area contributed by atoms with Crippen LogP contribution in [0.2, 0.25) is 0 Å². The summed E-state index contributed by atoms with van der Waals surface area (Å²) in [6, 6.07) is 3.60. The monoisotopic (exact) mass is 280 g/mol. The maximum atomic E-state index is 13.5.